The van der Waals surface area contributed by atoms with Crippen LogP contribution < -0.4 is 5.32 Å². The molecule has 0 spiro atoms. The molecule has 1 N–H and O–H groups in total. The molecule has 8 aromatic carbocycles. The first-order chi connectivity index (χ1) is 39.6. The van der Waals surface area contributed by atoms with Crippen LogP contribution in [0.3, 0.4) is 0 Å². The van der Waals surface area contributed by atoms with E-state index in [1.54, 1.807) is 0 Å². The zero-order chi connectivity index (χ0) is 52.4. The van der Waals surface area contributed by atoms with Gasteiger partial charge in [-0.2, -0.15) is 0 Å². The van der Waals surface area contributed by atoms with E-state index in [1.165, 1.54) is 0 Å². The van der Waals surface area contributed by atoms with Crippen LogP contribution in [0, 0.1) is 36.9 Å². The molecule has 18 rings (SSSR count). The zero-order valence-corrected chi connectivity index (χ0v) is 43.7. The molecule has 10 aliphatic rings. The van der Waals surface area contributed by atoms with Crippen molar-refractivity contribution in [2.75, 3.05) is 0 Å². The van der Waals surface area contributed by atoms with Gasteiger partial charge in [0.15, 0.2) is 81.7 Å². The summed E-state index contributed by atoms with van der Waals surface area (Å²) in [7, 11) is 0. The van der Waals surface area contributed by atoms with Crippen molar-refractivity contribution in [3.8, 4) is 0 Å². The summed E-state index contributed by atoms with van der Waals surface area (Å²) in [6.45, 7) is 0. The van der Waals surface area contributed by atoms with E-state index in [1.807, 2.05) is 188 Å². The summed E-state index contributed by atoms with van der Waals surface area (Å²) in [4.78, 5) is 73.9. The van der Waals surface area contributed by atoms with E-state index in [2.05, 4.69) is 11.4 Å². The Morgan fingerprint density at radius 3 is 0.642 bits per heavy atom. The molecule has 1 unspecified atom stereocenters. The number of fused-ring (bicyclic) bond motifs is 32. The molecule has 385 valence electrons. The Hall–Kier alpha value is -10.2. The second kappa shape index (κ2) is 18.5. The van der Waals surface area contributed by atoms with E-state index in [9.17, 15) is 0 Å². The summed E-state index contributed by atoms with van der Waals surface area (Å²) < 4.78 is 0. The molecule has 10 heterocycles. The van der Waals surface area contributed by atoms with Crippen molar-refractivity contribution in [3.63, 3.8) is 0 Å². The number of hydrogen-bond acceptors (Lipinski definition) is 16. The van der Waals surface area contributed by atoms with Crippen molar-refractivity contribution in [1.29, 1.82) is 0 Å². The van der Waals surface area contributed by atoms with Crippen LogP contribution in [0.5, 0.6) is 0 Å². The van der Waals surface area contributed by atoms with E-state index in [0.717, 1.165) is 89.0 Å². The van der Waals surface area contributed by atoms with Gasteiger partial charge in [-0.3, -0.25) is 0 Å². The van der Waals surface area contributed by atoms with Crippen LogP contribution in [0.15, 0.2) is 269 Å². The number of hydrogen-bond donors (Lipinski definition) is 1. The minimum Gasteiger partial charge on any atom is -0.344 e. The number of rotatable bonds is 0. The van der Waals surface area contributed by atoms with Crippen LogP contribution >= 0.6 is 0 Å². The van der Waals surface area contributed by atoms with Crippen LogP contribution in [-0.2, 0) is 0 Å². The van der Waals surface area contributed by atoms with Crippen LogP contribution in [0.4, 0.5) is 0 Å². The molecule has 0 aliphatic carbocycles. The van der Waals surface area contributed by atoms with Gasteiger partial charge in [0.2, 0.25) is 0 Å². The van der Waals surface area contributed by atoms with Crippen LogP contribution in [0.1, 0.15) is 95.2 Å². The van der Waals surface area contributed by atoms with Crippen molar-refractivity contribution < 1.29 is 36.9 Å². The molecule has 81 heavy (non-hydrogen) atoms. The van der Waals surface area contributed by atoms with E-state index >= 15 is 0 Å². The third kappa shape index (κ3) is 7.59. The number of nitrogens with one attached hydrogen (secondary N) is 1. The minimum atomic E-state index is -0.358. The molecule has 10 aliphatic heterocycles. The van der Waals surface area contributed by atoms with Crippen LogP contribution in [-0.4, -0.2) is 87.5 Å². The average Bonchev–Trinajstić information content (AvgIpc) is 4.52. The van der Waals surface area contributed by atoms with Crippen molar-refractivity contribution in [2.45, 2.75) is 6.17 Å². The Morgan fingerprint density at radius 2 is 0.383 bits per heavy atom. The molecule has 0 fully saturated rings. The SMILES string of the molecule is [Lu].c1ccc2c(c1)C1=NC2=NC2=NC(=NC3=NC(=NC4=NC(=N1)c1ccccc14)c1ccccc13)c1ccccc12.c1ccc2c(c1)C1=NC3=NC(=NC4=NC(NC5=NC(=NC2=N1)c1ccccc15)c1ccccc14)c1ccccc13. The Balaban J connectivity index is 0.000000132. The molecule has 0 aromatic heterocycles. The first kappa shape index (κ1) is 46.9. The molecule has 1 radical (unpaired) electrons. The first-order valence-corrected chi connectivity index (χ1v) is 25.9. The Bertz CT molecular complexity index is 4420. The fraction of sp³-hybridized carbons (Fsp3) is 0.0156. The van der Waals surface area contributed by atoms with E-state index in [0.29, 0.717) is 87.5 Å². The molecule has 1 atom stereocenters. The number of amidine groups is 15. The third-order valence-electron chi connectivity index (χ3n) is 14.9. The molecule has 16 bridgehead atoms. The van der Waals surface area contributed by atoms with Gasteiger partial charge >= 0.3 is 0 Å². The molecule has 17 heteroatoms. The molecule has 16 nitrogen and oxygen atoms in total. The van der Waals surface area contributed by atoms with Crippen LogP contribution in [0.25, 0.3) is 0 Å². The second-order valence-corrected chi connectivity index (χ2v) is 19.5. The van der Waals surface area contributed by atoms with Gasteiger partial charge < -0.3 is 5.32 Å². The van der Waals surface area contributed by atoms with Crippen molar-refractivity contribution in [2.24, 2.45) is 74.9 Å². The second-order valence-electron chi connectivity index (χ2n) is 19.5. The predicted octanol–water partition coefficient (Wildman–Crippen LogP) is 9.50. The standard InChI is InChI=1S/C32H18N8.C32H16N8.Lu/c2*1-2-10-18-17(9-1)25-33-26(18)38-28-21-13-5-6-14-22(21)30(35-28)40-32-24-16-8-7-15-23(24)31(36-32)39-29-20-12-4-3-11-19(20)27(34-29)37-25;/h1-16,25H,(H,33,34,35,36,37,38,39,40);1-16H;. The monoisotopic (exact) mass is 1200 g/mol. The van der Waals surface area contributed by atoms with Gasteiger partial charge in [0.1, 0.15) is 12.0 Å². The van der Waals surface area contributed by atoms with Crippen molar-refractivity contribution in [1.82, 2.24) is 5.32 Å². The molecule has 0 amide bonds. The normalized spacial score (nSPS) is 17.9. The summed E-state index contributed by atoms with van der Waals surface area (Å²) in [5, 5.41) is 3.57. The van der Waals surface area contributed by atoms with E-state index in [4.69, 9.17) is 74.9 Å². The molecule has 8 aromatic rings. The Morgan fingerprint density at radius 1 is 0.198 bits per heavy atom. The summed E-state index contributed by atoms with van der Waals surface area (Å²) >= 11 is 0. The fourth-order valence-corrected chi connectivity index (χ4v) is 11.1. The summed E-state index contributed by atoms with van der Waals surface area (Å²) in [6.07, 6.45) is -0.358. The molecular weight excluding hydrogens is 1170 g/mol. The summed E-state index contributed by atoms with van der Waals surface area (Å²) in [5.74, 6) is 8.63. The van der Waals surface area contributed by atoms with E-state index < -0.39 is 0 Å². The average molecular weight is 1200 g/mol. The van der Waals surface area contributed by atoms with Crippen molar-refractivity contribution in [3.05, 3.63) is 283 Å². The number of aliphatic imine (C=N–C) groups is 15. The van der Waals surface area contributed by atoms with Crippen molar-refractivity contribution >= 4 is 87.5 Å². The van der Waals surface area contributed by atoms with Gasteiger partial charge in [-0.05, 0) is 0 Å². The topological polar surface area (TPSA) is 197 Å². The third-order valence-corrected chi connectivity index (χ3v) is 14.9. The molecular formula is C64H34LuN16. The summed E-state index contributed by atoms with van der Waals surface area (Å²) in [6, 6.07) is 64.0. The maximum atomic E-state index is 5.01. The van der Waals surface area contributed by atoms with Gasteiger partial charge in [-0.25, -0.2) is 74.9 Å². The van der Waals surface area contributed by atoms with Gasteiger partial charge in [-0.15, -0.1) is 0 Å². The maximum Gasteiger partial charge on any atom is 0.164 e. The quantitative estimate of drug-likeness (QED) is 0.155. The maximum absolute atomic E-state index is 5.01. The van der Waals surface area contributed by atoms with Gasteiger partial charge in [0, 0.05) is 126 Å². The Labute approximate surface area is 490 Å². The molecule has 0 saturated carbocycles. The fourth-order valence-electron chi connectivity index (χ4n) is 11.1. The largest absolute Gasteiger partial charge is 0.344 e. The van der Waals surface area contributed by atoms with Gasteiger partial charge in [0.05, 0.1) is 0 Å². The number of nitrogens with zero attached hydrogens (tertiary/aromatic N) is 15. The number of benzene rings is 8. The predicted molar refractivity (Wildman–Crippen MR) is 315 cm³/mol. The minimum absolute atomic E-state index is 0. The molecule has 0 saturated heterocycles. The summed E-state index contributed by atoms with van der Waals surface area (Å²) in [5.41, 5.74) is 14.7. The van der Waals surface area contributed by atoms with Crippen LogP contribution in [0.2, 0.25) is 0 Å². The van der Waals surface area contributed by atoms with Gasteiger partial charge in [0.25, 0.3) is 0 Å². The first-order valence-electron chi connectivity index (χ1n) is 25.9. The van der Waals surface area contributed by atoms with E-state index in [-0.39, 0.29) is 43.0 Å². The zero-order valence-electron chi connectivity index (χ0n) is 42.0. The smallest absolute Gasteiger partial charge is 0.164 e. The van der Waals surface area contributed by atoms with Gasteiger partial charge in [-0.1, -0.05) is 194 Å². The Kier molecular flexibility index (Phi) is 10.7.